The van der Waals surface area contributed by atoms with Crippen LogP contribution < -0.4 is 20.9 Å². The lowest BCUT2D eigenvalue weighted by molar-refractivity contribution is -0.139. The van der Waals surface area contributed by atoms with Crippen molar-refractivity contribution in [3.05, 3.63) is 47.8 Å². The van der Waals surface area contributed by atoms with Gasteiger partial charge < -0.3 is 20.9 Å². The summed E-state index contributed by atoms with van der Waals surface area (Å²) in [5, 5.41) is 0. The zero-order valence-corrected chi connectivity index (χ0v) is 16.8. The van der Waals surface area contributed by atoms with Crippen LogP contribution in [0.2, 0.25) is 0 Å². The Morgan fingerprint density at radius 3 is 2.53 bits per heavy atom. The van der Waals surface area contributed by atoms with Crippen molar-refractivity contribution in [3.63, 3.8) is 0 Å². The summed E-state index contributed by atoms with van der Waals surface area (Å²) in [6, 6.07) is 2.71. The first kappa shape index (κ1) is 23.1. The molecule has 1 amide bonds. The third kappa shape index (κ3) is 5.93. The maximum Gasteiger partial charge on any atom is 0.420 e. The minimum absolute atomic E-state index is 0.0313. The molecule has 2 aromatic heterocycles. The molecule has 2 aromatic rings. The average molecular weight is 424 g/mol. The predicted molar refractivity (Wildman–Crippen MR) is 105 cm³/mol. The van der Waals surface area contributed by atoms with E-state index in [1.807, 2.05) is 0 Å². The normalized spacial score (nSPS) is 13.4. The molecule has 2 rings (SSSR count). The van der Waals surface area contributed by atoms with E-state index in [2.05, 4.69) is 21.3 Å². The summed E-state index contributed by atoms with van der Waals surface area (Å²) >= 11 is 0. The summed E-state index contributed by atoms with van der Waals surface area (Å²) in [6.45, 7) is 8.33. The number of hydrogen-bond acceptors (Lipinski definition) is 6. The number of primary amides is 1. The van der Waals surface area contributed by atoms with Crippen molar-refractivity contribution in [2.24, 2.45) is 11.5 Å². The number of ether oxygens (including phenoxy) is 2. The Bertz CT molecular complexity index is 959. The Balaban J connectivity index is 2.46. The minimum Gasteiger partial charge on any atom is -0.489 e. The van der Waals surface area contributed by atoms with Gasteiger partial charge in [0.05, 0.1) is 17.4 Å². The van der Waals surface area contributed by atoms with Crippen molar-refractivity contribution < 1.29 is 27.4 Å². The van der Waals surface area contributed by atoms with E-state index >= 15 is 0 Å². The molecule has 30 heavy (non-hydrogen) atoms. The van der Waals surface area contributed by atoms with Crippen LogP contribution in [0, 0.1) is 6.92 Å². The van der Waals surface area contributed by atoms with Crippen LogP contribution in [0.3, 0.4) is 0 Å². The number of nitrogens with two attached hydrogens (primary N) is 2. The highest BCUT2D eigenvalue weighted by Crippen LogP contribution is 2.41. The quantitative estimate of drug-likeness (QED) is 0.650. The molecule has 10 heteroatoms. The lowest BCUT2D eigenvalue weighted by Gasteiger charge is -2.26. The maximum atomic E-state index is 13.8. The summed E-state index contributed by atoms with van der Waals surface area (Å²) in [6.07, 6.45) is -3.14. The Morgan fingerprint density at radius 1 is 1.30 bits per heavy atom. The van der Waals surface area contributed by atoms with Gasteiger partial charge in [-0.3, -0.25) is 4.98 Å². The number of amides is 1. The fourth-order valence-electron chi connectivity index (χ4n) is 3.04. The van der Waals surface area contributed by atoms with Gasteiger partial charge in [0.25, 0.3) is 0 Å². The van der Waals surface area contributed by atoms with E-state index in [1.165, 1.54) is 25.3 Å². The van der Waals surface area contributed by atoms with Gasteiger partial charge in [-0.1, -0.05) is 5.57 Å². The molecule has 0 aliphatic rings. The largest absolute Gasteiger partial charge is 0.489 e. The fraction of sp³-hybridized carbons (Fsp3) is 0.350. The third-order valence-corrected chi connectivity index (χ3v) is 4.05. The predicted octanol–water partition coefficient (Wildman–Crippen LogP) is 3.99. The first-order valence-electron chi connectivity index (χ1n) is 8.87. The van der Waals surface area contributed by atoms with Gasteiger partial charge >= 0.3 is 12.3 Å². The summed E-state index contributed by atoms with van der Waals surface area (Å²) in [5.41, 5.74) is 10.1. The monoisotopic (exact) mass is 424 g/mol. The highest BCUT2D eigenvalue weighted by Gasteiger charge is 2.38. The molecular weight excluding hydrogens is 401 g/mol. The van der Waals surface area contributed by atoms with Crippen LogP contribution in [0.1, 0.15) is 31.4 Å². The highest BCUT2D eigenvalue weighted by molar-refractivity contribution is 5.70. The number of pyridine rings is 2. The van der Waals surface area contributed by atoms with E-state index in [0.717, 1.165) is 11.8 Å². The molecule has 0 aliphatic heterocycles. The number of halogens is 3. The number of carbonyl (C=O) groups excluding carboxylic acids is 1. The van der Waals surface area contributed by atoms with Crippen molar-refractivity contribution in [2.75, 3.05) is 6.61 Å². The Labute approximate surface area is 171 Å². The van der Waals surface area contributed by atoms with Crippen molar-refractivity contribution in [3.8, 4) is 22.9 Å². The summed E-state index contributed by atoms with van der Waals surface area (Å²) in [7, 11) is 0. The van der Waals surface area contributed by atoms with E-state index < -0.39 is 29.1 Å². The molecule has 2 heterocycles. The van der Waals surface area contributed by atoms with Gasteiger partial charge in [-0.2, -0.15) is 13.2 Å². The number of hydrogen-bond donors (Lipinski definition) is 2. The molecule has 0 aliphatic carbocycles. The van der Waals surface area contributed by atoms with Crippen LogP contribution >= 0.6 is 0 Å². The number of alkyl halides is 3. The lowest BCUT2D eigenvalue weighted by atomic mass is 9.96. The van der Waals surface area contributed by atoms with Crippen LogP contribution in [0.4, 0.5) is 18.0 Å². The van der Waals surface area contributed by atoms with Crippen LogP contribution in [0.25, 0.3) is 11.3 Å². The molecule has 1 atom stereocenters. The highest BCUT2D eigenvalue weighted by atomic mass is 19.4. The second-order valence-corrected chi connectivity index (χ2v) is 7.35. The standard InChI is InChI=1S/C20H23F3N4O3/c1-11(2)8-19(4,25)10-29-14-9-27-17(12(3)16(14)20(21,22)23)13-5-6-26-15(7-13)30-18(24)28/h5-7,9H,1,8,10,25H2,2-4H3,(H2,24,28)/t19-/m0/s1. The molecule has 0 radical (unpaired) electrons. The molecule has 0 spiro atoms. The molecule has 4 N–H and O–H groups in total. The van der Waals surface area contributed by atoms with Gasteiger partial charge in [0, 0.05) is 17.8 Å². The van der Waals surface area contributed by atoms with Gasteiger partial charge in [-0.15, -0.1) is 6.58 Å². The fourth-order valence-corrected chi connectivity index (χ4v) is 3.04. The molecular formula is C20H23F3N4O3. The Morgan fingerprint density at radius 2 is 1.97 bits per heavy atom. The molecule has 0 fully saturated rings. The van der Waals surface area contributed by atoms with E-state index in [9.17, 15) is 18.0 Å². The second-order valence-electron chi connectivity index (χ2n) is 7.35. The van der Waals surface area contributed by atoms with Gasteiger partial charge in [0.2, 0.25) is 5.88 Å². The van der Waals surface area contributed by atoms with Crippen molar-refractivity contribution in [1.29, 1.82) is 0 Å². The SMILES string of the molecule is C=C(C)C[C@](C)(N)COc1cnc(-c2ccnc(OC(N)=O)c2)c(C)c1C(F)(F)F. The van der Waals surface area contributed by atoms with Crippen LogP contribution in [-0.2, 0) is 6.18 Å². The Hall–Kier alpha value is -3.14. The lowest BCUT2D eigenvalue weighted by Crippen LogP contribution is -2.42. The first-order valence-corrected chi connectivity index (χ1v) is 8.87. The minimum atomic E-state index is -4.70. The zero-order chi connectivity index (χ0) is 22.7. The summed E-state index contributed by atoms with van der Waals surface area (Å²) in [5.74, 6) is -0.585. The molecule has 7 nitrogen and oxygen atoms in total. The molecule has 0 aromatic carbocycles. The van der Waals surface area contributed by atoms with Crippen LogP contribution in [-0.4, -0.2) is 28.2 Å². The van der Waals surface area contributed by atoms with Crippen molar-refractivity contribution in [1.82, 2.24) is 9.97 Å². The number of rotatable bonds is 7. The van der Waals surface area contributed by atoms with E-state index in [0.29, 0.717) is 6.42 Å². The van der Waals surface area contributed by atoms with Crippen LogP contribution in [0.5, 0.6) is 11.6 Å². The smallest absolute Gasteiger partial charge is 0.420 e. The van der Waals surface area contributed by atoms with E-state index in [1.54, 1.807) is 13.8 Å². The summed E-state index contributed by atoms with van der Waals surface area (Å²) in [4.78, 5) is 18.8. The zero-order valence-electron chi connectivity index (χ0n) is 16.8. The van der Waals surface area contributed by atoms with Crippen molar-refractivity contribution >= 4 is 6.09 Å². The van der Waals surface area contributed by atoms with E-state index in [-0.39, 0.29) is 29.3 Å². The summed E-state index contributed by atoms with van der Waals surface area (Å²) < 4.78 is 51.6. The van der Waals surface area contributed by atoms with Crippen molar-refractivity contribution in [2.45, 2.75) is 38.9 Å². The topological polar surface area (TPSA) is 113 Å². The molecule has 0 saturated heterocycles. The second kappa shape index (κ2) is 8.70. The van der Waals surface area contributed by atoms with Gasteiger partial charge in [0.1, 0.15) is 17.9 Å². The maximum absolute atomic E-state index is 13.8. The van der Waals surface area contributed by atoms with Gasteiger partial charge in [-0.25, -0.2) is 9.78 Å². The average Bonchev–Trinajstić information content (AvgIpc) is 2.57. The number of nitrogens with zero attached hydrogens (tertiary/aromatic N) is 2. The number of carbonyl (C=O) groups is 1. The van der Waals surface area contributed by atoms with Gasteiger partial charge in [0.15, 0.2) is 0 Å². The first-order chi connectivity index (χ1) is 13.8. The number of aromatic nitrogens is 2. The molecule has 0 saturated carbocycles. The molecule has 162 valence electrons. The Kier molecular flexibility index (Phi) is 6.71. The van der Waals surface area contributed by atoms with E-state index in [4.69, 9.17) is 16.2 Å². The third-order valence-electron chi connectivity index (χ3n) is 4.05. The van der Waals surface area contributed by atoms with Crippen LogP contribution in [0.15, 0.2) is 36.7 Å². The molecule has 0 bridgehead atoms. The molecule has 0 unspecified atom stereocenters. The van der Waals surface area contributed by atoms with Gasteiger partial charge in [-0.05, 0) is 38.8 Å².